The molecule has 5 heteroatoms. The molecule has 2 rings (SSSR count). The molecule has 21 heavy (non-hydrogen) atoms. The van der Waals surface area contributed by atoms with E-state index in [1.807, 2.05) is 24.3 Å². The molecule has 0 saturated heterocycles. The molecule has 2 N–H and O–H groups in total. The maximum atomic E-state index is 12.4. The Hall–Kier alpha value is -2.17. The number of hydrogen-bond donors (Lipinski definition) is 2. The van der Waals surface area contributed by atoms with Crippen LogP contribution in [0.25, 0.3) is 0 Å². The molecule has 0 aliphatic heterocycles. The van der Waals surface area contributed by atoms with E-state index in [0.717, 1.165) is 17.5 Å². The lowest BCUT2D eigenvalue weighted by atomic mass is 9.96. The first-order valence-corrected chi connectivity index (χ1v) is 7.14. The summed E-state index contributed by atoms with van der Waals surface area (Å²) >= 11 is 0. The SMILES string of the molecule is CC[C@H](C=O)[C@H](NC(=O)C1CCc2ccccc21)C(=O)O. The van der Waals surface area contributed by atoms with Crippen LogP contribution >= 0.6 is 0 Å². The predicted octanol–water partition coefficient (Wildman–Crippen LogP) is 1.51. The highest BCUT2D eigenvalue weighted by molar-refractivity contribution is 5.90. The molecule has 112 valence electrons. The quantitative estimate of drug-likeness (QED) is 0.778. The first kappa shape index (κ1) is 15.2. The predicted molar refractivity (Wildman–Crippen MR) is 76.9 cm³/mol. The highest BCUT2D eigenvalue weighted by Gasteiger charge is 2.33. The molecule has 0 heterocycles. The summed E-state index contributed by atoms with van der Waals surface area (Å²) in [5.74, 6) is -2.52. The number of nitrogens with one attached hydrogen (secondary N) is 1. The zero-order valence-corrected chi connectivity index (χ0v) is 11.9. The normalized spacial score (nSPS) is 19.4. The molecule has 1 unspecified atom stereocenters. The van der Waals surface area contributed by atoms with Gasteiger partial charge in [-0.25, -0.2) is 4.79 Å². The van der Waals surface area contributed by atoms with Gasteiger partial charge in [0.15, 0.2) is 0 Å². The topological polar surface area (TPSA) is 83.5 Å². The number of aliphatic carboxylic acids is 1. The second-order valence-electron chi connectivity index (χ2n) is 5.32. The standard InChI is InChI=1S/C16H19NO4/c1-2-10(9-18)14(16(20)21)17-15(19)13-8-7-11-5-3-4-6-12(11)13/h3-6,9-10,13-14H,2,7-8H2,1H3,(H,17,19)(H,20,21)/t10-,13?,14+/m1/s1. The van der Waals surface area contributed by atoms with Crippen molar-refractivity contribution in [1.29, 1.82) is 0 Å². The van der Waals surface area contributed by atoms with Gasteiger partial charge in [0.1, 0.15) is 12.3 Å². The van der Waals surface area contributed by atoms with Crippen LogP contribution in [-0.2, 0) is 20.8 Å². The third kappa shape index (κ3) is 3.12. The minimum atomic E-state index is -1.17. The van der Waals surface area contributed by atoms with Crippen molar-refractivity contribution in [2.45, 2.75) is 38.1 Å². The van der Waals surface area contributed by atoms with Gasteiger partial charge in [0.25, 0.3) is 0 Å². The Balaban J connectivity index is 2.14. The third-order valence-corrected chi connectivity index (χ3v) is 4.09. The Morgan fingerprint density at radius 1 is 1.43 bits per heavy atom. The maximum absolute atomic E-state index is 12.4. The number of carboxylic acids is 1. The number of hydrogen-bond acceptors (Lipinski definition) is 3. The van der Waals surface area contributed by atoms with Gasteiger partial charge in [-0.2, -0.15) is 0 Å². The molecule has 3 atom stereocenters. The molecule has 1 aromatic rings. The lowest BCUT2D eigenvalue weighted by molar-refractivity contribution is -0.144. The van der Waals surface area contributed by atoms with E-state index in [-0.39, 0.29) is 11.8 Å². The van der Waals surface area contributed by atoms with Crippen LogP contribution in [0.4, 0.5) is 0 Å². The Morgan fingerprint density at radius 2 is 2.14 bits per heavy atom. The molecular weight excluding hydrogens is 270 g/mol. The van der Waals surface area contributed by atoms with Crippen LogP contribution in [0.3, 0.4) is 0 Å². The Bertz CT molecular complexity index is 555. The van der Waals surface area contributed by atoms with Crippen LogP contribution in [0.2, 0.25) is 0 Å². The zero-order valence-electron chi connectivity index (χ0n) is 11.9. The summed E-state index contributed by atoms with van der Waals surface area (Å²) in [5, 5.41) is 11.8. The van der Waals surface area contributed by atoms with Gasteiger partial charge >= 0.3 is 5.97 Å². The van der Waals surface area contributed by atoms with E-state index in [0.29, 0.717) is 19.1 Å². The van der Waals surface area contributed by atoms with Gasteiger partial charge in [0.05, 0.1) is 5.92 Å². The average Bonchev–Trinajstić information content (AvgIpc) is 2.91. The van der Waals surface area contributed by atoms with Crippen LogP contribution in [0.15, 0.2) is 24.3 Å². The second-order valence-corrected chi connectivity index (χ2v) is 5.32. The van der Waals surface area contributed by atoms with Crippen LogP contribution in [0.5, 0.6) is 0 Å². The minimum absolute atomic E-state index is 0.312. The molecule has 1 aliphatic carbocycles. The zero-order chi connectivity index (χ0) is 15.4. The fraction of sp³-hybridized carbons (Fsp3) is 0.438. The number of benzene rings is 1. The van der Waals surface area contributed by atoms with Gasteiger partial charge in [0.2, 0.25) is 5.91 Å². The molecule has 0 aromatic heterocycles. The number of rotatable bonds is 6. The van der Waals surface area contributed by atoms with Gasteiger partial charge in [-0.15, -0.1) is 0 Å². The molecule has 0 bridgehead atoms. The van der Waals surface area contributed by atoms with E-state index < -0.39 is 17.9 Å². The molecule has 0 radical (unpaired) electrons. The highest BCUT2D eigenvalue weighted by atomic mass is 16.4. The Kier molecular flexibility index (Phi) is 4.73. The molecule has 5 nitrogen and oxygen atoms in total. The molecular formula is C16H19NO4. The number of carbonyl (C=O) groups is 3. The summed E-state index contributed by atoms with van der Waals surface area (Å²) in [4.78, 5) is 34.6. The Morgan fingerprint density at radius 3 is 2.76 bits per heavy atom. The van der Waals surface area contributed by atoms with Crippen molar-refractivity contribution >= 4 is 18.2 Å². The van der Waals surface area contributed by atoms with E-state index in [1.54, 1.807) is 6.92 Å². The molecule has 0 fully saturated rings. The summed E-state index contributed by atoms with van der Waals surface area (Å²) < 4.78 is 0. The first-order valence-electron chi connectivity index (χ1n) is 7.14. The van der Waals surface area contributed by atoms with Gasteiger partial charge in [-0.1, -0.05) is 31.2 Å². The van der Waals surface area contributed by atoms with Crippen molar-refractivity contribution in [2.75, 3.05) is 0 Å². The first-order chi connectivity index (χ1) is 10.1. The van der Waals surface area contributed by atoms with Gasteiger partial charge in [-0.3, -0.25) is 4.79 Å². The van der Waals surface area contributed by atoms with Crippen LogP contribution in [0, 0.1) is 5.92 Å². The molecule has 1 amide bonds. The van der Waals surface area contributed by atoms with Gasteiger partial charge < -0.3 is 15.2 Å². The van der Waals surface area contributed by atoms with E-state index >= 15 is 0 Å². The average molecular weight is 289 g/mol. The van der Waals surface area contributed by atoms with Crippen LogP contribution < -0.4 is 5.32 Å². The van der Waals surface area contributed by atoms with Crippen molar-refractivity contribution in [2.24, 2.45) is 5.92 Å². The van der Waals surface area contributed by atoms with Crippen molar-refractivity contribution in [3.63, 3.8) is 0 Å². The summed E-state index contributed by atoms with van der Waals surface area (Å²) in [5.41, 5.74) is 2.09. The van der Waals surface area contributed by atoms with E-state index in [1.165, 1.54) is 0 Å². The number of amides is 1. The van der Waals surface area contributed by atoms with Crippen molar-refractivity contribution in [3.05, 3.63) is 35.4 Å². The van der Waals surface area contributed by atoms with E-state index in [2.05, 4.69) is 5.32 Å². The summed E-state index contributed by atoms with van der Waals surface area (Å²) in [6.45, 7) is 1.73. The van der Waals surface area contributed by atoms with Crippen LogP contribution in [0.1, 0.15) is 36.8 Å². The lowest BCUT2D eigenvalue weighted by Gasteiger charge is -2.21. The lowest BCUT2D eigenvalue weighted by Crippen LogP contribution is -2.47. The molecule has 0 spiro atoms. The van der Waals surface area contributed by atoms with E-state index in [4.69, 9.17) is 0 Å². The Labute approximate surface area is 123 Å². The van der Waals surface area contributed by atoms with Crippen LogP contribution in [-0.4, -0.2) is 29.3 Å². The molecule has 1 aliphatic rings. The second kappa shape index (κ2) is 6.52. The van der Waals surface area contributed by atoms with E-state index in [9.17, 15) is 19.5 Å². The molecule has 0 saturated carbocycles. The summed E-state index contributed by atoms with van der Waals surface area (Å²) in [7, 11) is 0. The smallest absolute Gasteiger partial charge is 0.326 e. The van der Waals surface area contributed by atoms with Gasteiger partial charge in [-0.05, 0) is 30.4 Å². The fourth-order valence-electron chi connectivity index (χ4n) is 2.85. The summed E-state index contributed by atoms with van der Waals surface area (Å²) in [6, 6.07) is 6.53. The monoisotopic (exact) mass is 289 g/mol. The number of carbonyl (C=O) groups excluding carboxylic acids is 2. The third-order valence-electron chi connectivity index (χ3n) is 4.09. The van der Waals surface area contributed by atoms with Gasteiger partial charge in [0, 0.05) is 5.92 Å². The highest BCUT2D eigenvalue weighted by Crippen LogP contribution is 2.33. The summed E-state index contributed by atoms with van der Waals surface area (Å²) in [6.07, 6.45) is 2.47. The largest absolute Gasteiger partial charge is 0.480 e. The maximum Gasteiger partial charge on any atom is 0.326 e. The minimum Gasteiger partial charge on any atom is -0.480 e. The molecule has 1 aromatic carbocycles. The fourth-order valence-corrected chi connectivity index (χ4v) is 2.85. The number of aryl methyl sites for hydroxylation is 1. The van der Waals surface area contributed by atoms with Crippen molar-refractivity contribution in [1.82, 2.24) is 5.32 Å². The number of aldehydes is 1. The number of fused-ring (bicyclic) bond motifs is 1. The number of carboxylic acid groups (broad SMARTS) is 1. The van der Waals surface area contributed by atoms with Crippen molar-refractivity contribution < 1.29 is 19.5 Å². The van der Waals surface area contributed by atoms with Crippen molar-refractivity contribution in [3.8, 4) is 0 Å².